The van der Waals surface area contributed by atoms with E-state index in [0.717, 1.165) is 71.8 Å². The fraction of sp³-hybridized carbons (Fsp3) is 0.414. The van der Waals surface area contributed by atoms with Crippen molar-refractivity contribution in [2.24, 2.45) is 0 Å². The molecule has 0 atom stereocenters. The lowest BCUT2D eigenvalue weighted by Crippen LogP contribution is -2.38. The Morgan fingerprint density at radius 3 is 2.49 bits per heavy atom. The number of nitrogens with one attached hydrogen (secondary N) is 1. The monoisotopic (exact) mass is 470 g/mol. The van der Waals surface area contributed by atoms with Crippen LogP contribution in [0, 0.1) is 25.2 Å². The molecule has 0 saturated carbocycles. The van der Waals surface area contributed by atoms with Crippen molar-refractivity contribution >= 4 is 5.91 Å². The molecule has 1 saturated heterocycles. The third-order valence-electron chi connectivity index (χ3n) is 6.94. The molecule has 1 N–H and O–H groups in total. The molecular formula is C29H34N4O2. The Bertz CT molecular complexity index is 1210. The summed E-state index contributed by atoms with van der Waals surface area (Å²) in [5, 5.41) is 9.01. The van der Waals surface area contributed by atoms with Crippen molar-refractivity contribution in [2.75, 3.05) is 19.7 Å². The zero-order chi connectivity index (χ0) is 24.9. The Balaban J connectivity index is 0.00000141. The molecule has 6 nitrogen and oxygen atoms in total. The van der Waals surface area contributed by atoms with Gasteiger partial charge in [-0.2, -0.15) is 5.26 Å². The number of H-pyrrole nitrogens is 1. The average molecular weight is 471 g/mol. The number of imidazole rings is 1. The SMILES string of the molecule is CC.Cc1cc(C)c(-c2nc3c([nH]2)COCC3)cc1C(=O)N1CCC(c2ccc(C#N)cc2)CC1. The van der Waals surface area contributed by atoms with E-state index in [9.17, 15) is 4.79 Å². The van der Waals surface area contributed by atoms with Crippen LogP contribution in [-0.2, 0) is 17.8 Å². The lowest BCUT2D eigenvalue weighted by atomic mass is 9.88. The first kappa shape index (κ1) is 24.7. The summed E-state index contributed by atoms with van der Waals surface area (Å²) in [5.41, 5.74) is 7.86. The van der Waals surface area contributed by atoms with Crippen LogP contribution >= 0.6 is 0 Å². The molecule has 3 heterocycles. The van der Waals surface area contributed by atoms with Crippen LogP contribution in [0.5, 0.6) is 0 Å². The second-order valence-electron chi connectivity index (χ2n) is 9.10. The number of hydrogen-bond acceptors (Lipinski definition) is 4. The molecule has 1 amide bonds. The molecule has 6 heteroatoms. The molecule has 2 aliphatic heterocycles. The number of nitrogens with zero attached hydrogens (tertiary/aromatic N) is 3. The van der Waals surface area contributed by atoms with Crippen LogP contribution in [0.3, 0.4) is 0 Å². The maximum absolute atomic E-state index is 13.5. The van der Waals surface area contributed by atoms with Gasteiger partial charge in [0.25, 0.3) is 5.91 Å². The molecule has 1 fully saturated rings. The number of aryl methyl sites for hydroxylation is 2. The van der Waals surface area contributed by atoms with Crippen molar-refractivity contribution in [3.8, 4) is 17.5 Å². The molecule has 3 aromatic rings. The third-order valence-corrected chi connectivity index (χ3v) is 6.94. The van der Waals surface area contributed by atoms with Gasteiger partial charge in [0.1, 0.15) is 5.82 Å². The summed E-state index contributed by atoms with van der Waals surface area (Å²) in [6.45, 7) is 10.8. The first-order valence-electron chi connectivity index (χ1n) is 12.6. The summed E-state index contributed by atoms with van der Waals surface area (Å²) in [5.74, 6) is 1.33. The minimum Gasteiger partial charge on any atom is -0.375 e. The second kappa shape index (κ2) is 10.9. The molecule has 35 heavy (non-hydrogen) atoms. The van der Waals surface area contributed by atoms with Gasteiger partial charge in [0.05, 0.1) is 36.2 Å². The van der Waals surface area contributed by atoms with E-state index in [2.05, 4.69) is 24.0 Å². The molecule has 0 aliphatic carbocycles. The molecule has 1 aromatic heterocycles. The van der Waals surface area contributed by atoms with Gasteiger partial charge in [-0.1, -0.05) is 32.0 Å². The molecule has 5 rings (SSSR count). The van der Waals surface area contributed by atoms with Crippen LogP contribution in [0.15, 0.2) is 36.4 Å². The highest BCUT2D eigenvalue weighted by atomic mass is 16.5. The number of rotatable bonds is 3. The van der Waals surface area contributed by atoms with E-state index in [1.807, 2.05) is 56.0 Å². The van der Waals surface area contributed by atoms with Gasteiger partial charge in [0.2, 0.25) is 0 Å². The van der Waals surface area contributed by atoms with Crippen molar-refractivity contribution in [3.63, 3.8) is 0 Å². The number of amides is 1. The maximum Gasteiger partial charge on any atom is 0.254 e. The largest absolute Gasteiger partial charge is 0.375 e. The van der Waals surface area contributed by atoms with Crippen LogP contribution < -0.4 is 0 Å². The Morgan fingerprint density at radius 2 is 1.83 bits per heavy atom. The normalized spacial score (nSPS) is 15.6. The molecule has 182 valence electrons. The zero-order valence-electron chi connectivity index (χ0n) is 21.1. The van der Waals surface area contributed by atoms with E-state index in [1.54, 1.807) is 0 Å². The molecule has 0 spiro atoms. The Morgan fingerprint density at radius 1 is 1.11 bits per heavy atom. The smallest absolute Gasteiger partial charge is 0.254 e. The molecule has 0 bridgehead atoms. The summed E-state index contributed by atoms with van der Waals surface area (Å²) in [7, 11) is 0. The lowest BCUT2D eigenvalue weighted by molar-refractivity contribution is 0.0712. The predicted molar refractivity (Wildman–Crippen MR) is 137 cm³/mol. The first-order chi connectivity index (χ1) is 17.0. The highest BCUT2D eigenvalue weighted by Gasteiger charge is 2.26. The number of piperidine rings is 1. The van der Waals surface area contributed by atoms with E-state index in [1.165, 1.54) is 5.56 Å². The average Bonchev–Trinajstić information content (AvgIpc) is 3.34. The van der Waals surface area contributed by atoms with Gasteiger partial charge in [0.15, 0.2) is 0 Å². The molecule has 0 radical (unpaired) electrons. The first-order valence-corrected chi connectivity index (χ1v) is 12.6. The minimum absolute atomic E-state index is 0.0895. The molecule has 0 unspecified atom stereocenters. The van der Waals surface area contributed by atoms with Crippen molar-refractivity contribution < 1.29 is 9.53 Å². The number of aromatic nitrogens is 2. The van der Waals surface area contributed by atoms with Crippen molar-refractivity contribution in [1.82, 2.24) is 14.9 Å². The summed E-state index contributed by atoms with van der Waals surface area (Å²) < 4.78 is 5.54. The zero-order valence-corrected chi connectivity index (χ0v) is 21.1. The van der Waals surface area contributed by atoms with Gasteiger partial charge in [-0.25, -0.2) is 4.98 Å². The maximum atomic E-state index is 13.5. The van der Waals surface area contributed by atoms with E-state index in [4.69, 9.17) is 15.0 Å². The number of aromatic amines is 1. The van der Waals surface area contributed by atoms with E-state index in [0.29, 0.717) is 24.7 Å². The molecule has 2 aromatic carbocycles. The van der Waals surface area contributed by atoms with E-state index >= 15 is 0 Å². The van der Waals surface area contributed by atoms with E-state index in [-0.39, 0.29) is 5.91 Å². The number of likely N-dealkylation sites (tertiary alicyclic amines) is 1. The number of carbonyl (C=O) groups excluding carboxylic acids is 1. The van der Waals surface area contributed by atoms with Crippen LogP contribution in [-0.4, -0.2) is 40.5 Å². The van der Waals surface area contributed by atoms with Gasteiger partial charge in [-0.3, -0.25) is 4.79 Å². The van der Waals surface area contributed by atoms with Crippen molar-refractivity contribution in [1.29, 1.82) is 5.26 Å². The predicted octanol–water partition coefficient (Wildman–Crippen LogP) is 5.68. The highest BCUT2D eigenvalue weighted by molar-refractivity contribution is 5.97. The number of carbonyl (C=O) groups is 1. The fourth-order valence-electron chi connectivity index (χ4n) is 5.00. The van der Waals surface area contributed by atoms with Gasteiger partial charge in [-0.05, 0) is 67.5 Å². The second-order valence-corrected chi connectivity index (χ2v) is 9.10. The summed E-state index contributed by atoms with van der Waals surface area (Å²) in [6, 6.07) is 14.1. The van der Waals surface area contributed by atoms with Crippen LogP contribution in [0.4, 0.5) is 0 Å². The summed E-state index contributed by atoms with van der Waals surface area (Å²) in [6.07, 6.45) is 2.68. The van der Waals surface area contributed by atoms with Gasteiger partial charge in [-0.15, -0.1) is 0 Å². The number of fused-ring (bicyclic) bond motifs is 1. The Kier molecular flexibility index (Phi) is 7.67. The molecular weight excluding hydrogens is 436 g/mol. The number of hydrogen-bond donors (Lipinski definition) is 1. The fourth-order valence-corrected chi connectivity index (χ4v) is 5.00. The van der Waals surface area contributed by atoms with E-state index < -0.39 is 0 Å². The standard InChI is InChI=1S/C27H28N4O2.C2H6/c1-17-13-18(2)23(14-22(17)26-29-24-9-12-33-16-25(24)30-26)27(32)31-10-7-21(8-11-31)20-5-3-19(15-28)4-6-20;1-2/h3-6,13-14,21H,7-12,16H2,1-2H3,(H,29,30);1-2H3. The molecule has 2 aliphatic rings. The van der Waals surface area contributed by atoms with Gasteiger partial charge in [0, 0.05) is 30.6 Å². The Hall–Kier alpha value is -3.43. The summed E-state index contributed by atoms with van der Waals surface area (Å²) in [4.78, 5) is 23.7. The lowest BCUT2D eigenvalue weighted by Gasteiger charge is -2.32. The van der Waals surface area contributed by atoms with Crippen molar-refractivity contribution in [2.45, 2.75) is 59.5 Å². The number of ether oxygens (including phenoxy) is 1. The van der Waals surface area contributed by atoms with Gasteiger partial charge < -0.3 is 14.6 Å². The quantitative estimate of drug-likeness (QED) is 0.534. The third kappa shape index (κ3) is 5.16. The van der Waals surface area contributed by atoms with Crippen LogP contribution in [0.25, 0.3) is 11.4 Å². The number of benzene rings is 2. The van der Waals surface area contributed by atoms with Crippen LogP contribution in [0.1, 0.15) is 76.6 Å². The minimum atomic E-state index is 0.0895. The topological polar surface area (TPSA) is 82.0 Å². The van der Waals surface area contributed by atoms with Crippen LogP contribution in [0.2, 0.25) is 0 Å². The van der Waals surface area contributed by atoms with Gasteiger partial charge >= 0.3 is 0 Å². The highest BCUT2D eigenvalue weighted by Crippen LogP contribution is 2.31. The Labute approximate surface area is 208 Å². The number of nitriles is 1. The van der Waals surface area contributed by atoms with Crippen molar-refractivity contribution in [3.05, 3.63) is 75.6 Å². The summed E-state index contributed by atoms with van der Waals surface area (Å²) >= 11 is 0.